The third kappa shape index (κ3) is 6.21. The van der Waals surface area contributed by atoms with Crippen molar-refractivity contribution in [2.75, 3.05) is 69.0 Å². The van der Waals surface area contributed by atoms with Crippen molar-refractivity contribution in [3.05, 3.63) is 53.1 Å². The molecule has 0 bridgehead atoms. The number of nitrogens with one attached hydrogen (secondary N) is 3. The van der Waals surface area contributed by atoms with Crippen LogP contribution < -0.4 is 20.9 Å². The van der Waals surface area contributed by atoms with Gasteiger partial charge in [0.25, 0.3) is 5.91 Å². The van der Waals surface area contributed by atoms with Gasteiger partial charge in [0.2, 0.25) is 0 Å². The van der Waals surface area contributed by atoms with E-state index in [4.69, 9.17) is 4.74 Å². The standard InChI is InChI=1S/C24H33N5O3/c1-17-6-5-7-18(2)22(17)27-24(31)26-19-8-9-21(28(3)4)20(16-19)23(30)25-10-11-29-12-14-32-15-13-29/h5-9,16H,10-15H2,1-4H3,(H,25,30)(H2,26,27,31). The highest BCUT2D eigenvalue weighted by Gasteiger charge is 2.16. The molecule has 1 fully saturated rings. The second kappa shape index (κ2) is 11.0. The van der Waals surface area contributed by atoms with E-state index in [1.165, 1.54) is 0 Å². The molecule has 1 saturated heterocycles. The van der Waals surface area contributed by atoms with Gasteiger partial charge < -0.3 is 25.6 Å². The molecule has 2 aromatic rings. The van der Waals surface area contributed by atoms with Gasteiger partial charge in [0.05, 0.1) is 18.8 Å². The van der Waals surface area contributed by atoms with E-state index >= 15 is 0 Å². The zero-order valence-electron chi connectivity index (χ0n) is 19.3. The van der Waals surface area contributed by atoms with Crippen molar-refractivity contribution < 1.29 is 14.3 Å². The molecule has 0 radical (unpaired) electrons. The molecule has 8 heteroatoms. The molecule has 0 unspecified atom stereocenters. The van der Waals surface area contributed by atoms with Crippen LogP contribution in [0.2, 0.25) is 0 Å². The van der Waals surface area contributed by atoms with Gasteiger partial charge in [-0.2, -0.15) is 0 Å². The Bertz CT molecular complexity index is 934. The van der Waals surface area contributed by atoms with E-state index in [1.54, 1.807) is 12.1 Å². The first-order chi connectivity index (χ1) is 15.3. The molecule has 1 heterocycles. The lowest BCUT2D eigenvalue weighted by atomic mass is 10.1. The maximum atomic E-state index is 12.9. The van der Waals surface area contributed by atoms with Gasteiger partial charge in [0.15, 0.2) is 0 Å². The predicted octanol–water partition coefficient (Wildman–Crippen LogP) is 3.08. The van der Waals surface area contributed by atoms with Crippen molar-refractivity contribution in [1.29, 1.82) is 0 Å². The number of nitrogens with zero attached hydrogens (tertiary/aromatic N) is 2. The number of hydrogen-bond acceptors (Lipinski definition) is 5. The van der Waals surface area contributed by atoms with Gasteiger partial charge in [-0.1, -0.05) is 18.2 Å². The Balaban J connectivity index is 1.66. The summed E-state index contributed by atoms with van der Waals surface area (Å²) >= 11 is 0. The number of urea groups is 1. The van der Waals surface area contributed by atoms with E-state index in [1.807, 2.05) is 57.1 Å². The summed E-state index contributed by atoms with van der Waals surface area (Å²) in [4.78, 5) is 29.7. The molecule has 3 amide bonds. The molecule has 172 valence electrons. The fourth-order valence-electron chi connectivity index (χ4n) is 3.72. The highest BCUT2D eigenvalue weighted by molar-refractivity contribution is 6.04. The first-order valence-electron chi connectivity index (χ1n) is 10.9. The molecule has 0 aliphatic carbocycles. The number of amides is 3. The van der Waals surface area contributed by atoms with Crippen molar-refractivity contribution in [3.63, 3.8) is 0 Å². The van der Waals surface area contributed by atoms with Crippen molar-refractivity contribution in [1.82, 2.24) is 10.2 Å². The van der Waals surface area contributed by atoms with Gasteiger partial charge >= 0.3 is 6.03 Å². The summed E-state index contributed by atoms with van der Waals surface area (Å²) in [6.45, 7) is 8.47. The number of hydrogen-bond donors (Lipinski definition) is 3. The lowest BCUT2D eigenvalue weighted by Gasteiger charge is -2.26. The smallest absolute Gasteiger partial charge is 0.323 e. The van der Waals surface area contributed by atoms with Gasteiger partial charge in [0, 0.05) is 57.3 Å². The monoisotopic (exact) mass is 439 g/mol. The molecule has 1 aliphatic rings. The number of ether oxygens (including phenoxy) is 1. The first kappa shape index (κ1) is 23.6. The Morgan fingerprint density at radius 1 is 1.03 bits per heavy atom. The Morgan fingerprint density at radius 2 is 1.72 bits per heavy atom. The van der Waals surface area contributed by atoms with E-state index in [9.17, 15) is 9.59 Å². The molecule has 0 saturated carbocycles. The zero-order valence-corrected chi connectivity index (χ0v) is 19.3. The van der Waals surface area contributed by atoms with Crippen LogP contribution in [0, 0.1) is 13.8 Å². The van der Waals surface area contributed by atoms with Crippen LogP contribution in [0.1, 0.15) is 21.5 Å². The molecule has 32 heavy (non-hydrogen) atoms. The molecular formula is C24H33N5O3. The lowest BCUT2D eigenvalue weighted by Crippen LogP contribution is -2.41. The van der Waals surface area contributed by atoms with Crippen LogP contribution >= 0.6 is 0 Å². The Hall–Kier alpha value is -3.10. The quantitative estimate of drug-likeness (QED) is 0.617. The fourth-order valence-corrected chi connectivity index (χ4v) is 3.72. The molecule has 3 N–H and O–H groups in total. The number of aryl methyl sites for hydroxylation is 2. The van der Waals surface area contributed by atoms with E-state index in [0.717, 1.165) is 55.3 Å². The maximum absolute atomic E-state index is 12.9. The minimum absolute atomic E-state index is 0.166. The third-order valence-corrected chi connectivity index (χ3v) is 5.52. The van der Waals surface area contributed by atoms with Crippen LogP contribution in [0.25, 0.3) is 0 Å². The Morgan fingerprint density at radius 3 is 2.38 bits per heavy atom. The highest BCUT2D eigenvalue weighted by Crippen LogP contribution is 2.24. The van der Waals surface area contributed by atoms with Gasteiger partial charge in [0.1, 0.15) is 0 Å². The van der Waals surface area contributed by atoms with Crippen LogP contribution in [0.5, 0.6) is 0 Å². The van der Waals surface area contributed by atoms with Crippen LogP contribution in [0.4, 0.5) is 21.9 Å². The normalized spacial score (nSPS) is 14.0. The summed E-state index contributed by atoms with van der Waals surface area (Å²) in [5.74, 6) is -0.166. The van der Waals surface area contributed by atoms with Crippen molar-refractivity contribution in [2.24, 2.45) is 0 Å². The van der Waals surface area contributed by atoms with Crippen LogP contribution in [0.15, 0.2) is 36.4 Å². The molecule has 3 rings (SSSR count). The lowest BCUT2D eigenvalue weighted by molar-refractivity contribution is 0.0383. The number of para-hydroxylation sites is 1. The number of carbonyl (C=O) groups is 2. The second-order valence-corrected chi connectivity index (χ2v) is 8.18. The summed E-state index contributed by atoms with van der Waals surface area (Å²) in [5.41, 5.74) is 4.62. The van der Waals surface area contributed by atoms with Crippen LogP contribution in [-0.4, -0.2) is 70.3 Å². The summed E-state index contributed by atoms with van der Waals surface area (Å²) in [6, 6.07) is 10.9. The van der Waals surface area contributed by atoms with E-state index in [2.05, 4.69) is 20.9 Å². The topological polar surface area (TPSA) is 85.9 Å². The number of morpholine rings is 1. The van der Waals surface area contributed by atoms with E-state index in [-0.39, 0.29) is 11.9 Å². The van der Waals surface area contributed by atoms with Gasteiger partial charge in [-0.3, -0.25) is 9.69 Å². The third-order valence-electron chi connectivity index (χ3n) is 5.52. The first-order valence-corrected chi connectivity index (χ1v) is 10.9. The molecular weight excluding hydrogens is 406 g/mol. The van der Waals surface area contributed by atoms with Crippen LogP contribution in [0.3, 0.4) is 0 Å². The van der Waals surface area contributed by atoms with Gasteiger partial charge in [-0.25, -0.2) is 4.79 Å². The van der Waals surface area contributed by atoms with E-state index < -0.39 is 0 Å². The molecule has 2 aromatic carbocycles. The second-order valence-electron chi connectivity index (χ2n) is 8.18. The average Bonchev–Trinajstić information content (AvgIpc) is 2.77. The summed E-state index contributed by atoms with van der Waals surface area (Å²) in [7, 11) is 3.78. The molecule has 0 atom stereocenters. The zero-order chi connectivity index (χ0) is 23.1. The highest BCUT2D eigenvalue weighted by atomic mass is 16.5. The Labute approximate surface area is 189 Å². The maximum Gasteiger partial charge on any atom is 0.323 e. The predicted molar refractivity (Wildman–Crippen MR) is 129 cm³/mol. The van der Waals surface area contributed by atoms with Crippen molar-refractivity contribution in [2.45, 2.75) is 13.8 Å². The summed E-state index contributed by atoms with van der Waals surface area (Å²) in [6.07, 6.45) is 0. The number of anilines is 3. The number of benzene rings is 2. The van der Waals surface area contributed by atoms with E-state index in [0.29, 0.717) is 17.8 Å². The molecule has 0 aromatic heterocycles. The summed E-state index contributed by atoms with van der Waals surface area (Å²) in [5, 5.41) is 8.75. The largest absolute Gasteiger partial charge is 0.379 e. The molecule has 8 nitrogen and oxygen atoms in total. The fraction of sp³-hybridized carbons (Fsp3) is 0.417. The average molecular weight is 440 g/mol. The van der Waals surface area contributed by atoms with Gasteiger partial charge in [-0.15, -0.1) is 0 Å². The SMILES string of the molecule is Cc1cccc(C)c1NC(=O)Nc1ccc(N(C)C)c(C(=O)NCCN2CCOCC2)c1. The van der Waals surface area contributed by atoms with Crippen molar-refractivity contribution >= 4 is 29.0 Å². The molecule has 1 aliphatic heterocycles. The molecule has 0 spiro atoms. The number of rotatable bonds is 7. The minimum Gasteiger partial charge on any atom is -0.379 e. The van der Waals surface area contributed by atoms with Crippen LogP contribution in [-0.2, 0) is 4.74 Å². The number of carbonyl (C=O) groups excluding carboxylic acids is 2. The summed E-state index contributed by atoms with van der Waals surface area (Å²) < 4.78 is 5.36. The minimum atomic E-state index is -0.348. The van der Waals surface area contributed by atoms with Crippen molar-refractivity contribution in [3.8, 4) is 0 Å². The van der Waals surface area contributed by atoms with Gasteiger partial charge in [-0.05, 0) is 43.2 Å². The Kier molecular flexibility index (Phi) is 8.08.